The number of halogens is 1. The SMILES string of the molecule is CCOC(=O)c1ccc2c(c1)nc(Cl)c1[nH]cc(C(=O)OCC)c12. The molecule has 0 bridgehead atoms. The van der Waals surface area contributed by atoms with Crippen molar-refractivity contribution < 1.29 is 19.1 Å². The van der Waals surface area contributed by atoms with Crippen molar-refractivity contribution in [3.05, 3.63) is 40.7 Å². The Balaban J connectivity index is 2.24. The van der Waals surface area contributed by atoms with E-state index in [0.717, 1.165) is 0 Å². The molecule has 0 amide bonds. The van der Waals surface area contributed by atoms with Crippen LogP contribution in [-0.2, 0) is 9.47 Å². The number of pyridine rings is 1. The van der Waals surface area contributed by atoms with Gasteiger partial charge in [0, 0.05) is 17.0 Å². The number of fused-ring (bicyclic) bond motifs is 3. The fourth-order valence-electron chi connectivity index (χ4n) is 2.57. The molecule has 0 unspecified atom stereocenters. The molecule has 2 heterocycles. The molecule has 0 atom stereocenters. The predicted molar refractivity (Wildman–Crippen MR) is 90.5 cm³/mol. The summed E-state index contributed by atoms with van der Waals surface area (Å²) in [6, 6.07) is 4.96. The van der Waals surface area contributed by atoms with Crippen LogP contribution < -0.4 is 0 Å². The number of aromatic nitrogens is 2. The summed E-state index contributed by atoms with van der Waals surface area (Å²) in [5, 5.41) is 1.54. The van der Waals surface area contributed by atoms with E-state index in [0.29, 0.717) is 32.9 Å². The Hall–Kier alpha value is -2.60. The van der Waals surface area contributed by atoms with Crippen LogP contribution >= 0.6 is 11.6 Å². The molecular formula is C17H15ClN2O4. The highest BCUT2D eigenvalue weighted by Gasteiger charge is 2.19. The average Bonchev–Trinajstić information content (AvgIpc) is 3.01. The van der Waals surface area contributed by atoms with Crippen molar-refractivity contribution in [1.82, 2.24) is 9.97 Å². The van der Waals surface area contributed by atoms with Crippen molar-refractivity contribution in [2.45, 2.75) is 13.8 Å². The van der Waals surface area contributed by atoms with E-state index in [1.807, 2.05) is 0 Å². The molecule has 3 rings (SSSR count). The largest absolute Gasteiger partial charge is 0.462 e. The van der Waals surface area contributed by atoms with Gasteiger partial charge < -0.3 is 14.5 Å². The summed E-state index contributed by atoms with van der Waals surface area (Å²) in [7, 11) is 0. The van der Waals surface area contributed by atoms with Crippen LogP contribution in [0.4, 0.5) is 0 Å². The number of ether oxygens (including phenoxy) is 2. The van der Waals surface area contributed by atoms with E-state index >= 15 is 0 Å². The fraction of sp³-hybridized carbons (Fsp3) is 0.235. The molecular weight excluding hydrogens is 332 g/mol. The predicted octanol–water partition coefficient (Wildman–Crippen LogP) is 3.72. The third-order valence-corrected chi connectivity index (χ3v) is 3.85. The molecule has 0 aliphatic rings. The maximum Gasteiger partial charge on any atom is 0.340 e. The monoisotopic (exact) mass is 346 g/mol. The lowest BCUT2D eigenvalue weighted by Gasteiger charge is -2.07. The fourth-order valence-corrected chi connectivity index (χ4v) is 2.81. The van der Waals surface area contributed by atoms with Gasteiger partial charge in [0.25, 0.3) is 0 Å². The molecule has 124 valence electrons. The third kappa shape index (κ3) is 2.69. The van der Waals surface area contributed by atoms with E-state index in [4.69, 9.17) is 21.1 Å². The minimum absolute atomic E-state index is 0.217. The third-order valence-electron chi connectivity index (χ3n) is 3.58. The maximum atomic E-state index is 12.2. The maximum absolute atomic E-state index is 12.2. The number of carbonyl (C=O) groups is 2. The molecule has 3 aromatic rings. The average molecular weight is 347 g/mol. The summed E-state index contributed by atoms with van der Waals surface area (Å²) in [4.78, 5) is 31.3. The molecule has 0 fully saturated rings. The smallest absolute Gasteiger partial charge is 0.340 e. The summed E-state index contributed by atoms with van der Waals surface area (Å²) >= 11 is 6.21. The zero-order chi connectivity index (χ0) is 17.3. The first-order valence-corrected chi connectivity index (χ1v) is 7.89. The lowest BCUT2D eigenvalue weighted by molar-refractivity contribution is 0.0517. The van der Waals surface area contributed by atoms with E-state index in [1.165, 1.54) is 0 Å². The van der Waals surface area contributed by atoms with E-state index in [9.17, 15) is 9.59 Å². The number of aromatic amines is 1. The Labute approximate surface area is 142 Å². The van der Waals surface area contributed by atoms with E-state index in [1.54, 1.807) is 38.2 Å². The Morgan fingerprint density at radius 3 is 2.58 bits per heavy atom. The molecule has 7 heteroatoms. The van der Waals surface area contributed by atoms with Gasteiger partial charge in [0.05, 0.1) is 35.4 Å². The normalized spacial score (nSPS) is 11.0. The minimum atomic E-state index is -0.443. The molecule has 0 aliphatic carbocycles. The van der Waals surface area contributed by atoms with E-state index in [2.05, 4.69) is 9.97 Å². The van der Waals surface area contributed by atoms with E-state index in [-0.39, 0.29) is 18.4 Å². The molecule has 0 aliphatic heterocycles. The van der Waals surface area contributed by atoms with Crippen molar-refractivity contribution in [3.63, 3.8) is 0 Å². The zero-order valence-electron chi connectivity index (χ0n) is 13.2. The molecule has 1 aromatic carbocycles. The van der Waals surface area contributed by atoms with Gasteiger partial charge in [-0.1, -0.05) is 17.7 Å². The first-order valence-electron chi connectivity index (χ1n) is 7.51. The number of rotatable bonds is 4. The van der Waals surface area contributed by atoms with Gasteiger partial charge in [-0.2, -0.15) is 0 Å². The van der Waals surface area contributed by atoms with Crippen LogP contribution in [0, 0.1) is 0 Å². The Morgan fingerprint density at radius 1 is 1.17 bits per heavy atom. The molecule has 0 spiro atoms. The number of esters is 2. The number of carbonyl (C=O) groups excluding carboxylic acids is 2. The highest BCUT2D eigenvalue weighted by atomic mass is 35.5. The van der Waals surface area contributed by atoms with Crippen LogP contribution in [0.15, 0.2) is 24.4 Å². The molecule has 6 nitrogen and oxygen atoms in total. The second kappa shape index (κ2) is 6.49. The number of hydrogen-bond acceptors (Lipinski definition) is 5. The molecule has 24 heavy (non-hydrogen) atoms. The number of nitrogens with zero attached hydrogens (tertiary/aromatic N) is 1. The van der Waals surface area contributed by atoms with Gasteiger partial charge in [-0.3, -0.25) is 0 Å². The van der Waals surface area contributed by atoms with Gasteiger partial charge in [0.1, 0.15) is 0 Å². The zero-order valence-corrected chi connectivity index (χ0v) is 13.9. The van der Waals surface area contributed by atoms with Gasteiger partial charge in [0.15, 0.2) is 5.15 Å². The molecule has 0 saturated heterocycles. The van der Waals surface area contributed by atoms with Gasteiger partial charge in [-0.15, -0.1) is 0 Å². The van der Waals surface area contributed by atoms with Crippen LogP contribution in [0.5, 0.6) is 0 Å². The van der Waals surface area contributed by atoms with Crippen LogP contribution in [0.3, 0.4) is 0 Å². The number of hydrogen-bond donors (Lipinski definition) is 1. The van der Waals surface area contributed by atoms with Gasteiger partial charge in [-0.25, -0.2) is 14.6 Å². The molecule has 0 saturated carbocycles. The minimum Gasteiger partial charge on any atom is -0.462 e. The quantitative estimate of drug-likeness (QED) is 0.575. The van der Waals surface area contributed by atoms with Gasteiger partial charge >= 0.3 is 11.9 Å². The number of benzene rings is 1. The summed E-state index contributed by atoms with van der Waals surface area (Å²) in [6.07, 6.45) is 1.55. The number of H-pyrrole nitrogens is 1. The highest BCUT2D eigenvalue weighted by molar-refractivity contribution is 6.36. The van der Waals surface area contributed by atoms with Gasteiger partial charge in [0.2, 0.25) is 0 Å². The summed E-state index contributed by atoms with van der Waals surface area (Å²) in [5.74, 6) is -0.876. The highest BCUT2D eigenvalue weighted by Crippen LogP contribution is 2.32. The van der Waals surface area contributed by atoms with Crippen LogP contribution in [0.25, 0.3) is 21.8 Å². The Morgan fingerprint density at radius 2 is 1.88 bits per heavy atom. The van der Waals surface area contributed by atoms with Crippen LogP contribution in [0.1, 0.15) is 34.6 Å². The van der Waals surface area contributed by atoms with Gasteiger partial charge in [-0.05, 0) is 26.0 Å². The molecule has 1 N–H and O–H groups in total. The first-order chi connectivity index (χ1) is 11.6. The van der Waals surface area contributed by atoms with Crippen molar-refractivity contribution in [1.29, 1.82) is 0 Å². The second-order valence-corrected chi connectivity index (χ2v) is 5.39. The lowest BCUT2D eigenvalue weighted by atomic mass is 10.1. The Kier molecular flexibility index (Phi) is 4.40. The van der Waals surface area contributed by atoms with Crippen molar-refractivity contribution in [2.24, 2.45) is 0 Å². The van der Waals surface area contributed by atoms with Crippen molar-refractivity contribution in [3.8, 4) is 0 Å². The van der Waals surface area contributed by atoms with Crippen molar-refractivity contribution in [2.75, 3.05) is 13.2 Å². The summed E-state index contributed by atoms with van der Waals surface area (Å²) in [5.41, 5.74) is 1.81. The first kappa shape index (κ1) is 16.3. The van der Waals surface area contributed by atoms with Crippen LogP contribution in [0.2, 0.25) is 5.15 Å². The van der Waals surface area contributed by atoms with E-state index < -0.39 is 11.9 Å². The number of nitrogens with one attached hydrogen (secondary N) is 1. The molecule has 0 radical (unpaired) electrons. The van der Waals surface area contributed by atoms with Crippen molar-refractivity contribution >= 4 is 45.3 Å². The standard InChI is InChI=1S/C17H15ClN2O4/c1-3-23-16(21)9-5-6-10-12(7-9)20-15(18)14-13(10)11(8-19-14)17(22)24-4-2/h5-8,19H,3-4H2,1-2H3. The summed E-state index contributed by atoms with van der Waals surface area (Å²) in [6.45, 7) is 4.04. The van der Waals surface area contributed by atoms with Crippen LogP contribution in [-0.4, -0.2) is 35.1 Å². The second-order valence-electron chi connectivity index (χ2n) is 5.03. The topological polar surface area (TPSA) is 81.3 Å². The summed E-state index contributed by atoms with van der Waals surface area (Å²) < 4.78 is 10.1. The lowest BCUT2D eigenvalue weighted by Crippen LogP contribution is -2.05. The molecule has 2 aromatic heterocycles. The Bertz CT molecular complexity index is 949.